The molecule has 3 aliphatic heterocycles. The normalized spacial score (nSPS) is 27.5. The molecule has 0 saturated carbocycles. The second-order valence-corrected chi connectivity index (χ2v) is 7.80. The molecular weight excluding hydrogens is 312 g/mol. The van der Waals surface area contributed by atoms with Gasteiger partial charge in [0.25, 0.3) is 0 Å². The highest BCUT2D eigenvalue weighted by Gasteiger charge is 2.39. The SMILES string of the molecule is CN1CCN2CCN(C3CCN(Cc4ccccc4)CC3)C[C@@H]2C1=O. The Balaban J connectivity index is 1.30. The number of carbonyl (C=O) groups excluding carboxylic acids is 1. The molecule has 5 heteroatoms. The first-order valence-electron chi connectivity index (χ1n) is 9.70. The summed E-state index contributed by atoms with van der Waals surface area (Å²) < 4.78 is 0. The van der Waals surface area contributed by atoms with E-state index >= 15 is 0 Å². The number of likely N-dealkylation sites (N-methyl/N-ethyl adjacent to an activating group) is 1. The highest BCUT2D eigenvalue weighted by molar-refractivity contribution is 5.82. The minimum Gasteiger partial charge on any atom is -0.343 e. The molecule has 0 aromatic heterocycles. The van der Waals surface area contributed by atoms with Gasteiger partial charge in [-0.2, -0.15) is 0 Å². The molecule has 3 heterocycles. The third-order valence-electron chi connectivity index (χ3n) is 6.23. The van der Waals surface area contributed by atoms with Gasteiger partial charge in [-0.1, -0.05) is 30.3 Å². The van der Waals surface area contributed by atoms with Crippen molar-refractivity contribution in [3.63, 3.8) is 0 Å². The molecule has 25 heavy (non-hydrogen) atoms. The summed E-state index contributed by atoms with van der Waals surface area (Å²) in [6.45, 7) is 8.41. The summed E-state index contributed by atoms with van der Waals surface area (Å²) in [4.78, 5) is 22.0. The molecular formula is C20H30N4O. The zero-order valence-electron chi connectivity index (χ0n) is 15.3. The molecule has 0 aliphatic carbocycles. The number of hydrogen-bond donors (Lipinski definition) is 0. The minimum absolute atomic E-state index is 0.0925. The lowest BCUT2D eigenvalue weighted by Crippen LogP contribution is -2.65. The van der Waals surface area contributed by atoms with Crippen LogP contribution in [0, 0.1) is 0 Å². The molecule has 0 N–H and O–H groups in total. The van der Waals surface area contributed by atoms with Crippen LogP contribution >= 0.6 is 0 Å². The molecule has 3 aliphatic rings. The average Bonchev–Trinajstić information content (AvgIpc) is 2.66. The van der Waals surface area contributed by atoms with Gasteiger partial charge < -0.3 is 4.90 Å². The predicted molar refractivity (Wildman–Crippen MR) is 99.3 cm³/mol. The van der Waals surface area contributed by atoms with Gasteiger partial charge in [0.2, 0.25) is 5.91 Å². The van der Waals surface area contributed by atoms with E-state index in [-0.39, 0.29) is 6.04 Å². The van der Waals surface area contributed by atoms with Gasteiger partial charge >= 0.3 is 0 Å². The molecule has 1 aromatic carbocycles. The van der Waals surface area contributed by atoms with Crippen LogP contribution in [0.4, 0.5) is 0 Å². The minimum atomic E-state index is 0.0925. The monoisotopic (exact) mass is 342 g/mol. The van der Waals surface area contributed by atoms with Crippen LogP contribution in [0.1, 0.15) is 18.4 Å². The number of likely N-dealkylation sites (tertiary alicyclic amines) is 1. The zero-order chi connectivity index (χ0) is 17.2. The molecule has 0 bridgehead atoms. The van der Waals surface area contributed by atoms with E-state index in [4.69, 9.17) is 0 Å². The standard InChI is InChI=1S/C20H30N4O/c1-21-11-12-23-13-14-24(16-19(23)20(21)25)18-7-9-22(10-8-18)15-17-5-3-2-4-6-17/h2-6,18-19H,7-16H2,1H3/t19-/m1/s1. The van der Waals surface area contributed by atoms with Crippen LogP contribution in [-0.4, -0.2) is 90.5 Å². The quantitative estimate of drug-likeness (QED) is 0.823. The molecule has 1 atom stereocenters. The predicted octanol–water partition coefficient (Wildman–Crippen LogP) is 1.11. The van der Waals surface area contributed by atoms with E-state index in [1.54, 1.807) is 0 Å². The van der Waals surface area contributed by atoms with Crippen molar-refractivity contribution in [1.29, 1.82) is 0 Å². The van der Waals surface area contributed by atoms with Crippen molar-refractivity contribution >= 4 is 5.91 Å². The van der Waals surface area contributed by atoms with Crippen LogP contribution in [0.5, 0.6) is 0 Å². The van der Waals surface area contributed by atoms with E-state index < -0.39 is 0 Å². The summed E-state index contributed by atoms with van der Waals surface area (Å²) >= 11 is 0. The summed E-state index contributed by atoms with van der Waals surface area (Å²) in [7, 11) is 1.95. The molecule has 0 spiro atoms. The number of rotatable bonds is 3. The first-order chi connectivity index (χ1) is 12.2. The number of piperazine rings is 2. The molecule has 1 amide bonds. The summed E-state index contributed by atoms with van der Waals surface area (Å²) in [5.74, 6) is 0.317. The third kappa shape index (κ3) is 3.73. The number of benzene rings is 1. The number of piperidine rings is 1. The van der Waals surface area contributed by atoms with E-state index in [1.165, 1.54) is 18.4 Å². The van der Waals surface area contributed by atoms with Gasteiger partial charge in [0.05, 0.1) is 0 Å². The maximum absolute atomic E-state index is 12.5. The number of amides is 1. The first kappa shape index (κ1) is 17.0. The van der Waals surface area contributed by atoms with Gasteiger partial charge in [-0.25, -0.2) is 0 Å². The highest BCUT2D eigenvalue weighted by Crippen LogP contribution is 2.23. The second kappa shape index (κ2) is 7.44. The second-order valence-electron chi connectivity index (χ2n) is 7.80. The Morgan fingerprint density at radius 3 is 2.36 bits per heavy atom. The molecule has 0 radical (unpaired) electrons. The smallest absolute Gasteiger partial charge is 0.241 e. The first-order valence-corrected chi connectivity index (χ1v) is 9.70. The van der Waals surface area contributed by atoms with Gasteiger partial charge in [0.1, 0.15) is 6.04 Å². The lowest BCUT2D eigenvalue weighted by atomic mass is 9.99. The summed E-state index contributed by atoms with van der Waals surface area (Å²) in [6.07, 6.45) is 2.45. The van der Waals surface area contributed by atoms with Crippen LogP contribution in [0.15, 0.2) is 30.3 Å². The maximum Gasteiger partial charge on any atom is 0.241 e. The van der Waals surface area contributed by atoms with Crippen molar-refractivity contribution in [2.45, 2.75) is 31.5 Å². The van der Waals surface area contributed by atoms with Crippen molar-refractivity contribution in [1.82, 2.24) is 19.6 Å². The molecule has 4 rings (SSSR count). The van der Waals surface area contributed by atoms with Crippen molar-refractivity contribution in [3.05, 3.63) is 35.9 Å². The molecule has 136 valence electrons. The van der Waals surface area contributed by atoms with Gasteiger partial charge in [0, 0.05) is 52.4 Å². The van der Waals surface area contributed by atoms with Gasteiger partial charge in [-0.15, -0.1) is 0 Å². The van der Waals surface area contributed by atoms with E-state index in [0.717, 1.165) is 52.4 Å². The van der Waals surface area contributed by atoms with Crippen LogP contribution < -0.4 is 0 Å². The molecule has 3 saturated heterocycles. The van der Waals surface area contributed by atoms with Crippen molar-refractivity contribution < 1.29 is 4.79 Å². The number of fused-ring (bicyclic) bond motifs is 1. The Morgan fingerprint density at radius 1 is 0.920 bits per heavy atom. The lowest BCUT2D eigenvalue weighted by molar-refractivity contribution is -0.144. The van der Waals surface area contributed by atoms with E-state index in [2.05, 4.69) is 45.0 Å². The van der Waals surface area contributed by atoms with Crippen LogP contribution in [-0.2, 0) is 11.3 Å². The van der Waals surface area contributed by atoms with Crippen molar-refractivity contribution in [3.8, 4) is 0 Å². The summed E-state index contributed by atoms with van der Waals surface area (Å²) in [6, 6.07) is 11.5. The van der Waals surface area contributed by atoms with E-state index in [1.807, 2.05) is 11.9 Å². The Morgan fingerprint density at radius 2 is 1.60 bits per heavy atom. The van der Waals surface area contributed by atoms with Crippen LogP contribution in [0.3, 0.4) is 0 Å². The lowest BCUT2D eigenvalue weighted by Gasteiger charge is -2.48. The third-order valence-corrected chi connectivity index (χ3v) is 6.23. The van der Waals surface area contributed by atoms with E-state index in [0.29, 0.717) is 11.9 Å². The Hall–Kier alpha value is -1.43. The van der Waals surface area contributed by atoms with E-state index in [9.17, 15) is 4.79 Å². The number of nitrogens with zero attached hydrogens (tertiary/aromatic N) is 4. The number of carbonyl (C=O) groups is 1. The fourth-order valence-electron chi connectivity index (χ4n) is 4.60. The Bertz CT molecular complexity index is 585. The summed E-state index contributed by atoms with van der Waals surface area (Å²) in [5.41, 5.74) is 1.41. The van der Waals surface area contributed by atoms with Crippen molar-refractivity contribution in [2.75, 3.05) is 52.9 Å². The molecule has 5 nitrogen and oxygen atoms in total. The highest BCUT2D eigenvalue weighted by atomic mass is 16.2. The van der Waals surface area contributed by atoms with Crippen LogP contribution in [0.2, 0.25) is 0 Å². The number of hydrogen-bond acceptors (Lipinski definition) is 4. The van der Waals surface area contributed by atoms with Crippen LogP contribution in [0.25, 0.3) is 0 Å². The molecule has 1 aromatic rings. The maximum atomic E-state index is 12.5. The van der Waals surface area contributed by atoms with Gasteiger partial charge in [-0.3, -0.25) is 19.5 Å². The average molecular weight is 342 g/mol. The fourth-order valence-corrected chi connectivity index (χ4v) is 4.60. The van der Waals surface area contributed by atoms with Gasteiger partial charge in [-0.05, 0) is 31.5 Å². The Labute approximate surface area is 151 Å². The van der Waals surface area contributed by atoms with Gasteiger partial charge in [0.15, 0.2) is 0 Å². The molecule has 0 unspecified atom stereocenters. The van der Waals surface area contributed by atoms with Crippen molar-refractivity contribution in [2.24, 2.45) is 0 Å². The Kier molecular flexibility index (Phi) is 5.06. The molecule has 3 fully saturated rings. The summed E-state index contributed by atoms with van der Waals surface area (Å²) in [5, 5.41) is 0. The largest absolute Gasteiger partial charge is 0.343 e. The fraction of sp³-hybridized carbons (Fsp3) is 0.650. The zero-order valence-corrected chi connectivity index (χ0v) is 15.3. The topological polar surface area (TPSA) is 30.0 Å².